The van der Waals surface area contributed by atoms with Gasteiger partial charge < -0.3 is 15.7 Å². The number of urea groups is 1. The van der Waals surface area contributed by atoms with E-state index in [0.717, 1.165) is 12.0 Å². The molecule has 3 atom stereocenters. The Morgan fingerprint density at radius 1 is 1.37 bits per heavy atom. The van der Waals surface area contributed by atoms with E-state index in [4.69, 9.17) is 0 Å². The Bertz CT molecular complexity index is 384. The van der Waals surface area contributed by atoms with Crippen LogP contribution in [0.4, 0.5) is 4.79 Å². The molecule has 1 aromatic heterocycles. The zero-order valence-electron chi connectivity index (χ0n) is 11.8. The van der Waals surface area contributed by atoms with Crippen molar-refractivity contribution in [1.82, 2.24) is 15.6 Å². The van der Waals surface area contributed by atoms with Crippen LogP contribution in [0.15, 0.2) is 24.5 Å². The number of carbonyl (C=O) groups is 1. The second kappa shape index (κ2) is 7.74. The number of hydrogen-bond donors (Lipinski definition) is 3. The molecule has 0 aromatic carbocycles. The molecule has 3 unspecified atom stereocenters. The van der Waals surface area contributed by atoms with Gasteiger partial charge in [-0.1, -0.05) is 20.3 Å². The van der Waals surface area contributed by atoms with Crippen LogP contribution < -0.4 is 10.6 Å². The monoisotopic (exact) mass is 265 g/mol. The van der Waals surface area contributed by atoms with Crippen molar-refractivity contribution in [3.05, 3.63) is 30.1 Å². The number of aliphatic hydroxyl groups is 1. The van der Waals surface area contributed by atoms with E-state index >= 15 is 0 Å². The molecule has 0 aliphatic rings. The Hall–Kier alpha value is -1.62. The van der Waals surface area contributed by atoms with E-state index in [9.17, 15) is 9.90 Å². The second-order valence-corrected chi connectivity index (χ2v) is 4.81. The SMILES string of the molecule is CCC(C)C(O)CNC(=O)NC(C)c1ccncc1. The van der Waals surface area contributed by atoms with Crippen LogP contribution in [0.1, 0.15) is 38.8 Å². The van der Waals surface area contributed by atoms with E-state index in [0.29, 0.717) is 0 Å². The molecule has 3 N–H and O–H groups in total. The molecule has 0 saturated heterocycles. The highest BCUT2D eigenvalue weighted by atomic mass is 16.3. The second-order valence-electron chi connectivity index (χ2n) is 4.81. The van der Waals surface area contributed by atoms with Gasteiger partial charge in [0.25, 0.3) is 0 Å². The summed E-state index contributed by atoms with van der Waals surface area (Å²) in [5, 5.41) is 15.3. The molecule has 1 rings (SSSR count). The summed E-state index contributed by atoms with van der Waals surface area (Å²) in [6.07, 6.45) is 3.76. The van der Waals surface area contributed by atoms with Gasteiger partial charge in [0.1, 0.15) is 0 Å². The van der Waals surface area contributed by atoms with Gasteiger partial charge in [0.2, 0.25) is 0 Å². The van der Waals surface area contributed by atoms with Gasteiger partial charge in [0, 0.05) is 18.9 Å². The zero-order chi connectivity index (χ0) is 14.3. The quantitative estimate of drug-likeness (QED) is 0.735. The maximum atomic E-state index is 11.7. The number of nitrogens with one attached hydrogen (secondary N) is 2. The van der Waals surface area contributed by atoms with Gasteiger partial charge in [-0.3, -0.25) is 4.98 Å². The predicted molar refractivity (Wildman–Crippen MR) is 74.6 cm³/mol. The van der Waals surface area contributed by atoms with Crippen molar-refractivity contribution in [2.24, 2.45) is 5.92 Å². The fraction of sp³-hybridized carbons (Fsp3) is 0.571. The van der Waals surface area contributed by atoms with Crippen LogP contribution in [0.5, 0.6) is 0 Å². The fourth-order valence-corrected chi connectivity index (χ4v) is 1.65. The van der Waals surface area contributed by atoms with E-state index in [1.54, 1.807) is 12.4 Å². The van der Waals surface area contributed by atoms with Crippen LogP contribution in [0.3, 0.4) is 0 Å². The summed E-state index contributed by atoms with van der Waals surface area (Å²) < 4.78 is 0. The average Bonchev–Trinajstić information content (AvgIpc) is 2.44. The molecule has 1 aromatic rings. The Morgan fingerprint density at radius 3 is 2.58 bits per heavy atom. The Kier molecular flexibility index (Phi) is 6.29. The van der Waals surface area contributed by atoms with Gasteiger partial charge in [-0.25, -0.2) is 4.79 Å². The van der Waals surface area contributed by atoms with Crippen LogP contribution in [0.2, 0.25) is 0 Å². The highest BCUT2D eigenvalue weighted by Gasteiger charge is 2.14. The van der Waals surface area contributed by atoms with Gasteiger partial charge >= 0.3 is 6.03 Å². The molecule has 19 heavy (non-hydrogen) atoms. The van der Waals surface area contributed by atoms with E-state index < -0.39 is 6.10 Å². The molecule has 0 saturated carbocycles. The standard InChI is InChI=1S/C14H23N3O2/c1-4-10(2)13(18)9-16-14(19)17-11(3)12-5-7-15-8-6-12/h5-8,10-11,13,18H,4,9H2,1-3H3,(H2,16,17,19). The molecule has 106 valence electrons. The third kappa shape index (κ3) is 5.26. The predicted octanol–water partition coefficient (Wildman–Crippen LogP) is 1.85. The minimum Gasteiger partial charge on any atom is -0.391 e. The van der Waals surface area contributed by atoms with Crippen LogP contribution >= 0.6 is 0 Å². The van der Waals surface area contributed by atoms with Crippen molar-refractivity contribution in [1.29, 1.82) is 0 Å². The Morgan fingerprint density at radius 2 is 2.00 bits per heavy atom. The van der Waals surface area contributed by atoms with Crippen molar-refractivity contribution < 1.29 is 9.90 Å². The summed E-state index contributed by atoms with van der Waals surface area (Å²) in [4.78, 5) is 15.6. The molecule has 1 heterocycles. The van der Waals surface area contributed by atoms with Crippen molar-refractivity contribution >= 4 is 6.03 Å². The normalized spacial score (nSPS) is 15.4. The lowest BCUT2D eigenvalue weighted by atomic mass is 10.0. The number of amides is 2. The Balaban J connectivity index is 2.35. The van der Waals surface area contributed by atoms with E-state index in [-0.39, 0.29) is 24.5 Å². The first kappa shape index (κ1) is 15.4. The summed E-state index contributed by atoms with van der Waals surface area (Å²) in [7, 11) is 0. The summed E-state index contributed by atoms with van der Waals surface area (Å²) in [5.74, 6) is 0.179. The molecule has 0 fully saturated rings. The third-order valence-electron chi connectivity index (χ3n) is 3.33. The lowest BCUT2D eigenvalue weighted by Gasteiger charge is -2.19. The number of aliphatic hydroxyl groups excluding tert-OH is 1. The van der Waals surface area contributed by atoms with Crippen LogP contribution in [0.25, 0.3) is 0 Å². The first-order valence-electron chi connectivity index (χ1n) is 6.67. The topological polar surface area (TPSA) is 74.2 Å². The first-order chi connectivity index (χ1) is 9.04. The first-order valence-corrected chi connectivity index (χ1v) is 6.67. The molecule has 0 bridgehead atoms. The van der Waals surface area contributed by atoms with Crippen molar-refractivity contribution in [3.8, 4) is 0 Å². The van der Waals surface area contributed by atoms with E-state index in [2.05, 4.69) is 15.6 Å². The van der Waals surface area contributed by atoms with Crippen molar-refractivity contribution in [2.75, 3.05) is 6.54 Å². The number of carbonyl (C=O) groups excluding carboxylic acids is 1. The van der Waals surface area contributed by atoms with Crippen LogP contribution in [-0.4, -0.2) is 28.8 Å². The smallest absolute Gasteiger partial charge is 0.315 e. The summed E-state index contributed by atoms with van der Waals surface area (Å²) >= 11 is 0. The minimum absolute atomic E-state index is 0.0938. The van der Waals surface area contributed by atoms with E-state index in [1.807, 2.05) is 32.9 Å². The molecule has 5 heteroatoms. The Labute approximate surface area is 114 Å². The fourth-order valence-electron chi connectivity index (χ4n) is 1.65. The number of aromatic nitrogens is 1. The lowest BCUT2D eigenvalue weighted by Crippen LogP contribution is -2.42. The number of nitrogens with zero attached hydrogens (tertiary/aromatic N) is 1. The molecule has 5 nitrogen and oxygen atoms in total. The van der Waals surface area contributed by atoms with Crippen molar-refractivity contribution in [2.45, 2.75) is 39.3 Å². The minimum atomic E-state index is -0.507. The van der Waals surface area contributed by atoms with Gasteiger partial charge in [-0.15, -0.1) is 0 Å². The van der Waals surface area contributed by atoms with Gasteiger partial charge in [-0.2, -0.15) is 0 Å². The van der Waals surface area contributed by atoms with Crippen LogP contribution in [-0.2, 0) is 0 Å². The van der Waals surface area contributed by atoms with E-state index in [1.165, 1.54) is 0 Å². The third-order valence-corrected chi connectivity index (χ3v) is 3.33. The maximum Gasteiger partial charge on any atom is 0.315 e. The highest BCUT2D eigenvalue weighted by molar-refractivity contribution is 5.74. The van der Waals surface area contributed by atoms with Gasteiger partial charge in [0.05, 0.1) is 12.1 Å². The molecule has 0 aliphatic carbocycles. The summed E-state index contributed by atoms with van der Waals surface area (Å²) in [6.45, 7) is 6.15. The van der Waals surface area contributed by atoms with Gasteiger partial charge in [0.15, 0.2) is 0 Å². The molecule has 0 spiro atoms. The number of hydrogen-bond acceptors (Lipinski definition) is 3. The molecule has 0 radical (unpaired) electrons. The zero-order valence-corrected chi connectivity index (χ0v) is 11.8. The molecular weight excluding hydrogens is 242 g/mol. The van der Waals surface area contributed by atoms with Crippen LogP contribution in [0, 0.1) is 5.92 Å². The summed E-state index contributed by atoms with van der Waals surface area (Å²) in [5.41, 5.74) is 0.993. The maximum absolute atomic E-state index is 11.7. The number of pyridine rings is 1. The average molecular weight is 265 g/mol. The largest absolute Gasteiger partial charge is 0.391 e. The summed E-state index contributed by atoms with van der Waals surface area (Å²) in [6, 6.07) is 3.35. The molecular formula is C14H23N3O2. The highest BCUT2D eigenvalue weighted by Crippen LogP contribution is 2.10. The number of rotatable bonds is 6. The molecule has 0 aliphatic heterocycles. The van der Waals surface area contributed by atoms with Crippen molar-refractivity contribution in [3.63, 3.8) is 0 Å². The molecule has 2 amide bonds. The lowest BCUT2D eigenvalue weighted by molar-refractivity contribution is 0.114. The van der Waals surface area contributed by atoms with Gasteiger partial charge in [-0.05, 0) is 30.5 Å².